The van der Waals surface area contributed by atoms with Crippen molar-refractivity contribution in [3.8, 4) is 0 Å². The molecule has 64 valence electrons. The maximum Gasteiger partial charge on any atom is 1.00 e. The zero-order chi connectivity index (χ0) is 8.10. The fraction of sp³-hybridized carbons (Fsp3) is 0.857. The molecule has 0 radical (unpaired) electrons. The molecule has 5 heteroatoms. The van der Waals surface area contributed by atoms with E-state index in [-0.39, 0.29) is 42.5 Å². The van der Waals surface area contributed by atoms with Crippen LogP contribution in [0, 0.1) is 0 Å². The standard InChI is InChI=1S/C7H12O4.Na/c8-6(9)5-11-7-3-1-2-4-10-7;/h7H,1-5H2,(H,8,9);/q;+1/p-1. The Hall–Kier alpha value is 0.390. The predicted molar refractivity (Wildman–Crippen MR) is 34.5 cm³/mol. The van der Waals surface area contributed by atoms with Crippen LogP contribution in [-0.2, 0) is 14.3 Å². The Bertz CT molecular complexity index is 133. The van der Waals surface area contributed by atoms with Gasteiger partial charge in [-0.25, -0.2) is 0 Å². The minimum atomic E-state index is -1.20. The van der Waals surface area contributed by atoms with Crippen LogP contribution < -0.4 is 34.7 Å². The quantitative estimate of drug-likeness (QED) is 0.421. The number of hydrogen-bond acceptors (Lipinski definition) is 4. The molecular formula is C7H11NaO4. The van der Waals surface area contributed by atoms with Gasteiger partial charge in [-0.2, -0.15) is 0 Å². The van der Waals surface area contributed by atoms with Gasteiger partial charge in [0.25, 0.3) is 0 Å². The Morgan fingerprint density at radius 2 is 2.33 bits per heavy atom. The largest absolute Gasteiger partial charge is 1.00 e. The third-order valence-electron chi connectivity index (χ3n) is 1.52. The summed E-state index contributed by atoms with van der Waals surface area (Å²) >= 11 is 0. The number of carbonyl (C=O) groups excluding carboxylic acids is 1. The fourth-order valence-electron chi connectivity index (χ4n) is 1.00. The first kappa shape index (κ1) is 12.4. The molecule has 0 aromatic carbocycles. The van der Waals surface area contributed by atoms with Gasteiger partial charge in [-0.3, -0.25) is 0 Å². The topological polar surface area (TPSA) is 58.6 Å². The molecule has 4 nitrogen and oxygen atoms in total. The van der Waals surface area contributed by atoms with E-state index in [1.54, 1.807) is 0 Å². The molecular weight excluding hydrogens is 171 g/mol. The Morgan fingerprint density at radius 3 is 2.83 bits per heavy atom. The van der Waals surface area contributed by atoms with Crippen LogP contribution in [0.2, 0.25) is 0 Å². The molecule has 1 rings (SSSR count). The van der Waals surface area contributed by atoms with Crippen LogP contribution in [0.5, 0.6) is 0 Å². The summed E-state index contributed by atoms with van der Waals surface area (Å²) in [4.78, 5) is 9.95. The molecule has 12 heavy (non-hydrogen) atoms. The summed E-state index contributed by atoms with van der Waals surface area (Å²) in [6.45, 7) is 0.294. The zero-order valence-electron chi connectivity index (χ0n) is 7.25. The molecule has 0 spiro atoms. The Labute approximate surface area is 93.5 Å². The van der Waals surface area contributed by atoms with Crippen molar-refractivity contribution in [2.24, 2.45) is 0 Å². The van der Waals surface area contributed by atoms with Gasteiger partial charge in [0.1, 0.15) is 0 Å². The van der Waals surface area contributed by atoms with E-state index in [1.807, 2.05) is 0 Å². The predicted octanol–water partition coefficient (Wildman–Crippen LogP) is -3.72. The Kier molecular flexibility index (Phi) is 7.08. The van der Waals surface area contributed by atoms with Crippen molar-refractivity contribution < 1.29 is 48.9 Å². The fourth-order valence-corrected chi connectivity index (χ4v) is 1.00. The van der Waals surface area contributed by atoms with E-state index in [9.17, 15) is 9.90 Å². The number of carboxylic acid groups (broad SMARTS) is 1. The molecule has 1 unspecified atom stereocenters. The molecule has 0 saturated carbocycles. The SMILES string of the molecule is O=C([O-])COC1CCCCO1.[Na+]. The van der Waals surface area contributed by atoms with Gasteiger partial charge in [0, 0.05) is 6.61 Å². The summed E-state index contributed by atoms with van der Waals surface area (Å²) < 4.78 is 9.98. The normalized spacial score (nSPS) is 22.8. The molecule has 1 heterocycles. The molecule has 0 aliphatic carbocycles. The van der Waals surface area contributed by atoms with E-state index in [4.69, 9.17) is 9.47 Å². The molecule has 1 aliphatic heterocycles. The van der Waals surface area contributed by atoms with E-state index in [2.05, 4.69) is 0 Å². The molecule has 0 amide bonds. The maximum atomic E-state index is 9.95. The molecule has 1 fully saturated rings. The van der Waals surface area contributed by atoms with Gasteiger partial charge in [0.15, 0.2) is 6.29 Å². The summed E-state index contributed by atoms with van der Waals surface area (Å²) in [5.74, 6) is -1.20. The van der Waals surface area contributed by atoms with E-state index in [1.165, 1.54) is 0 Å². The molecule has 1 aliphatic rings. The first-order chi connectivity index (χ1) is 5.29. The zero-order valence-corrected chi connectivity index (χ0v) is 9.25. The average molecular weight is 182 g/mol. The summed E-state index contributed by atoms with van der Waals surface area (Å²) in [5, 5.41) is 9.95. The van der Waals surface area contributed by atoms with Gasteiger partial charge >= 0.3 is 29.6 Å². The summed E-state index contributed by atoms with van der Waals surface area (Å²) in [7, 11) is 0. The first-order valence-corrected chi connectivity index (χ1v) is 3.72. The summed E-state index contributed by atoms with van der Waals surface area (Å²) in [6, 6.07) is 0. The van der Waals surface area contributed by atoms with Crippen molar-refractivity contribution in [3.63, 3.8) is 0 Å². The van der Waals surface area contributed by atoms with Crippen molar-refractivity contribution in [2.75, 3.05) is 13.2 Å². The molecule has 0 aromatic heterocycles. The second-order valence-electron chi connectivity index (χ2n) is 2.48. The minimum Gasteiger partial charge on any atom is -0.548 e. The van der Waals surface area contributed by atoms with Crippen molar-refractivity contribution in [1.29, 1.82) is 0 Å². The number of rotatable bonds is 3. The van der Waals surface area contributed by atoms with Crippen LogP contribution in [0.15, 0.2) is 0 Å². The summed E-state index contributed by atoms with van der Waals surface area (Å²) in [6.07, 6.45) is 2.53. The van der Waals surface area contributed by atoms with Gasteiger partial charge in [-0.05, 0) is 19.3 Å². The number of ether oxygens (including phenoxy) is 2. The molecule has 0 N–H and O–H groups in total. The van der Waals surface area contributed by atoms with Crippen LogP contribution in [0.1, 0.15) is 19.3 Å². The second-order valence-corrected chi connectivity index (χ2v) is 2.48. The maximum absolute atomic E-state index is 9.95. The molecule has 1 atom stereocenters. The number of carboxylic acids is 1. The van der Waals surface area contributed by atoms with Crippen LogP contribution in [0.4, 0.5) is 0 Å². The molecule has 0 aromatic rings. The third-order valence-corrected chi connectivity index (χ3v) is 1.52. The third kappa shape index (κ3) is 5.11. The van der Waals surface area contributed by atoms with Gasteiger partial charge in [0.2, 0.25) is 0 Å². The van der Waals surface area contributed by atoms with Crippen LogP contribution >= 0.6 is 0 Å². The van der Waals surface area contributed by atoms with E-state index >= 15 is 0 Å². The Balaban J connectivity index is 0.00000121. The van der Waals surface area contributed by atoms with Gasteiger partial charge < -0.3 is 19.4 Å². The minimum absolute atomic E-state index is 0. The first-order valence-electron chi connectivity index (χ1n) is 3.72. The van der Waals surface area contributed by atoms with Crippen molar-refractivity contribution in [2.45, 2.75) is 25.6 Å². The van der Waals surface area contributed by atoms with Crippen molar-refractivity contribution in [3.05, 3.63) is 0 Å². The van der Waals surface area contributed by atoms with E-state index in [0.29, 0.717) is 6.61 Å². The van der Waals surface area contributed by atoms with Crippen molar-refractivity contribution >= 4 is 5.97 Å². The average Bonchev–Trinajstić information content (AvgIpc) is 2.03. The Morgan fingerprint density at radius 1 is 1.58 bits per heavy atom. The van der Waals surface area contributed by atoms with Crippen LogP contribution in [-0.4, -0.2) is 25.5 Å². The molecule has 1 saturated heterocycles. The second kappa shape index (κ2) is 6.86. The van der Waals surface area contributed by atoms with E-state index in [0.717, 1.165) is 19.3 Å². The van der Waals surface area contributed by atoms with Gasteiger partial charge in [0.05, 0.1) is 12.6 Å². The molecule has 0 bridgehead atoms. The van der Waals surface area contributed by atoms with Crippen LogP contribution in [0.3, 0.4) is 0 Å². The smallest absolute Gasteiger partial charge is 0.548 e. The monoisotopic (exact) mass is 182 g/mol. The van der Waals surface area contributed by atoms with Gasteiger partial charge in [-0.15, -0.1) is 0 Å². The summed E-state index contributed by atoms with van der Waals surface area (Å²) in [5.41, 5.74) is 0. The number of hydrogen-bond donors (Lipinski definition) is 0. The number of aliphatic carboxylic acids is 1. The number of carbonyl (C=O) groups is 1. The van der Waals surface area contributed by atoms with Crippen LogP contribution in [0.25, 0.3) is 0 Å². The van der Waals surface area contributed by atoms with Gasteiger partial charge in [-0.1, -0.05) is 0 Å². The van der Waals surface area contributed by atoms with Crippen molar-refractivity contribution in [1.82, 2.24) is 0 Å². The van der Waals surface area contributed by atoms with E-state index < -0.39 is 5.97 Å².